The highest BCUT2D eigenvalue weighted by Gasteiger charge is 2.24. The van der Waals surface area contributed by atoms with Gasteiger partial charge in [0.05, 0.1) is 5.69 Å². The highest BCUT2D eigenvalue weighted by atomic mass is 16.6. The summed E-state index contributed by atoms with van der Waals surface area (Å²) in [6, 6.07) is 9.46. The quantitative estimate of drug-likeness (QED) is 0.497. The molecule has 162 valence electrons. The molecular formula is C24H28N4O3. The van der Waals surface area contributed by atoms with E-state index < -0.39 is 5.60 Å². The van der Waals surface area contributed by atoms with E-state index in [1.54, 1.807) is 17.2 Å². The molecule has 1 amide bonds. The van der Waals surface area contributed by atoms with Crippen LogP contribution in [-0.2, 0) is 4.74 Å². The van der Waals surface area contributed by atoms with Crippen molar-refractivity contribution in [3.05, 3.63) is 53.9 Å². The summed E-state index contributed by atoms with van der Waals surface area (Å²) in [6.07, 6.45) is 4.29. The Morgan fingerprint density at radius 3 is 2.74 bits per heavy atom. The lowest BCUT2D eigenvalue weighted by Gasteiger charge is -2.29. The molecule has 0 saturated carbocycles. The molecule has 0 atom stereocenters. The third-order valence-electron chi connectivity index (χ3n) is 5.21. The first-order valence-corrected chi connectivity index (χ1v) is 10.4. The van der Waals surface area contributed by atoms with Gasteiger partial charge in [0.25, 0.3) is 0 Å². The zero-order valence-corrected chi connectivity index (χ0v) is 18.3. The zero-order valence-electron chi connectivity index (χ0n) is 18.3. The van der Waals surface area contributed by atoms with Gasteiger partial charge < -0.3 is 25.0 Å². The summed E-state index contributed by atoms with van der Waals surface area (Å²) >= 11 is 0. The van der Waals surface area contributed by atoms with Crippen LogP contribution >= 0.6 is 0 Å². The minimum absolute atomic E-state index is 0.277. The van der Waals surface area contributed by atoms with Crippen LogP contribution in [0.1, 0.15) is 38.4 Å². The summed E-state index contributed by atoms with van der Waals surface area (Å²) in [5.41, 5.74) is 5.10. The molecule has 3 aromatic rings. The summed E-state index contributed by atoms with van der Waals surface area (Å²) in [4.78, 5) is 21.9. The van der Waals surface area contributed by atoms with E-state index in [1.807, 2.05) is 45.9 Å². The van der Waals surface area contributed by atoms with E-state index in [0.29, 0.717) is 13.1 Å². The number of phenols is 1. The van der Waals surface area contributed by atoms with Crippen molar-refractivity contribution in [2.75, 3.05) is 18.4 Å². The lowest BCUT2D eigenvalue weighted by molar-refractivity contribution is 0.0270. The number of aromatic amines is 1. The van der Waals surface area contributed by atoms with Gasteiger partial charge in [0.15, 0.2) is 0 Å². The maximum atomic E-state index is 12.3. The molecule has 0 fully saturated rings. The van der Waals surface area contributed by atoms with Crippen LogP contribution in [0.5, 0.6) is 5.75 Å². The van der Waals surface area contributed by atoms with E-state index in [4.69, 9.17) is 4.74 Å². The molecular weight excluding hydrogens is 392 g/mol. The van der Waals surface area contributed by atoms with Gasteiger partial charge in [-0.3, -0.25) is 0 Å². The second-order valence-electron chi connectivity index (χ2n) is 8.84. The lowest BCUT2D eigenvalue weighted by Crippen LogP contribution is -2.39. The number of ether oxygens (including phenoxy) is 1. The molecule has 1 aliphatic rings. The number of aromatic nitrogens is 2. The number of phenolic OH excluding ortho intramolecular Hbond substituents is 1. The Morgan fingerprint density at radius 1 is 1.26 bits per heavy atom. The van der Waals surface area contributed by atoms with Crippen molar-refractivity contribution < 1.29 is 14.6 Å². The number of benzene rings is 1. The van der Waals surface area contributed by atoms with E-state index in [0.717, 1.165) is 45.7 Å². The maximum Gasteiger partial charge on any atom is 0.410 e. The fourth-order valence-corrected chi connectivity index (χ4v) is 3.60. The molecule has 7 heteroatoms. The number of rotatable bonds is 3. The van der Waals surface area contributed by atoms with E-state index in [9.17, 15) is 9.90 Å². The van der Waals surface area contributed by atoms with E-state index in [2.05, 4.69) is 27.4 Å². The average molecular weight is 421 g/mol. The van der Waals surface area contributed by atoms with Gasteiger partial charge in [-0.1, -0.05) is 6.08 Å². The highest BCUT2D eigenvalue weighted by Crippen LogP contribution is 2.31. The molecule has 3 heterocycles. The topological polar surface area (TPSA) is 90.5 Å². The van der Waals surface area contributed by atoms with Crippen molar-refractivity contribution in [3.8, 4) is 5.75 Å². The number of hydrogen-bond donors (Lipinski definition) is 3. The van der Waals surface area contributed by atoms with Crippen molar-refractivity contribution in [1.29, 1.82) is 0 Å². The average Bonchev–Trinajstić information content (AvgIpc) is 3.15. The van der Waals surface area contributed by atoms with E-state index in [1.165, 1.54) is 0 Å². The number of carbonyl (C=O) groups is 1. The molecule has 0 saturated heterocycles. The third-order valence-corrected chi connectivity index (χ3v) is 5.21. The number of hydrogen-bond acceptors (Lipinski definition) is 5. The monoisotopic (exact) mass is 420 g/mol. The fraction of sp³-hybridized carbons (Fsp3) is 0.333. The number of H-pyrrole nitrogens is 1. The van der Waals surface area contributed by atoms with Crippen LogP contribution < -0.4 is 5.32 Å². The van der Waals surface area contributed by atoms with Crippen LogP contribution in [0.15, 0.2) is 42.6 Å². The molecule has 1 aliphatic heterocycles. The number of amides is 1. The van der Waals surface area contributed by atoms with Gasteiger partial charge in [-0.05, 0) is 75.6 Å². The molecule has 0 aliphatic carbocycles. The fourth-order valence-electron chi connectivity index (χ4n) is 3.60. The number of fused-ring (bicyclic) bond motifs is 1. The zero-order chi connectivity index (χ0) is 22.2. The van der Waals surface area contributed by atoms with Crippen molar-refractivity contribution in [2.45, 2.75) is 39.7 Å². The number of nitrogens with zero attached hydrogens (tertiary/aromatic N) is 2. The number of nitrogens with one attached hydrogen (secondary N) is 2. The first kappa shape index (κ1) is 20.8. The predicted octanol–water partition coefficient (Wildman–Crippen LogP) is 5.34. The summed E-state index contributed by atoms with van der Waals surface area (Å²) in [7, 11) is 0. The van der Waals surface area contributed by atoms with Gasteiger partial charge >= 0.3 is 6.09 Å². The minimum Gasteiger partial charge on any atom is -0.508 e. The Morgan fingerprint density at radius 2 is 2.06 bits per heavy atom. The Bertz CT molecular complexity index is 1160. The number of anilines is 2. The van der Waals surface area contributed by atoms with Crippen molar-refractivity contribution in [2.24, 2.45) is 0 Å². The number of aromatic hydroxyl groups is 1. The largest absolute Gasteiger partial charge is 0.508 e. The number of carbonyl (C=O) groups excluding carboxylic acids is 1. The van der Waals surface area contributed by atoms with Gasteiger partial charge in [-0.2, -0.15) is 0 Å². The second kappa shape index (κ2) is 7.98. The SMILES string of the molecule is Cc1cc(Nc2ccnc3[nH]c(C4=CCN(C(=O)OC(C)(C)C)CC4)cc23)ccc1O. The van der Waals surface area contributed by atoms with E-state index in [-0.39, 0.29) is 11.8 Å². The van der Waals surface area contributed by atoms with Crippen LogP contribution in [0.2, 0.25) is 0 Å². The van der Waals surface area contributed by atoms with Crippen molar-refractivity contribution in [1.82, 2.24) is 14.9 Å². The lowest BCUT2D eigenvalue weighted by atomic mass is 10.0. The van der Waals surface area contributed by atoms with Crippen LogP contribution in [-0.4, -0.2) is 44.8 Å². The molecule has 0 bridgehead atoms. The maximum absolute atomic E-state index is 12.3. The molecule has 0 unspecified atom stereocenters. The van der Waals surface area contributed by atoms with Crippen molar-refractivity contribution >= 4 is 34.1 Å². The highest BCUT2D eigenvalue weighted by molar-refractivity contribution is 5.94. The van der Waals surface area contributed by atoms with Gasteiger partial charge in [-0.15, -0.1) is 0 Å². The Kier molecular flexibility index (Phi) is 5.35. The van der Waals surface area contributed by atoms with Crippen molar-refractivity contribution in [3.63, 3.8) is 0 Å². The Balaban J connectivity index is 1.54. The summed E-state index contributed by atoms with van der Waals surface area (Å²) in [6.45, 7) is 8.62. The normalized spacial score (nSPS) is 14.5. The van der Waals surface area contributed by atoms with Crippen LogP contribution in [0.4, 0.5) is 16.2 Å². The Hall–Kier alpha value is -3.48. The van der Waals surface area contributed by atoms with E-state index >= 15 is 0 Å². The first-order valence-electron chi connectivity index (χ1n) is 10.4. The number of aryl methyl sites for hydroxylation is 1. The van der Waals surface area contributed by atoms with Gasteiger partial charge in [0.2, 0.25) is 0 Å². The molecule has 7 nitrogen and oxygen atoms in total. The molecule has 4 rings (SSSR count). The predicted molar refractivity (Wildman–Crippen MR) is 123 cm³/mol. The standard InChI is InChI=1S/C24H28N4O3/c1-15-13-17(5-6-21(15)29)26-19-7-10-25-22-18(19)14-20(27-22)16-8-11-28(12-9-16)23(30)31-24(2,3)4/h5-8,10,13-14,29H,9,11-12H2,1-4H3,(H2,25,26,27). The molecule has 0 spiro atoms. The smallest absolute Gasteiger partial charge is 0.410 e. The summed E-state index contributed by atoms with van der Waals surface area (Å²) < 4.78 is 5.47. The molecule has 31 heavy (non-hydrogen) atoms. The second-order valence-corrected chi connectivity index (χ2v) is 8.84. The molecule has 2 aromatic heterocycles. The third kappa shape index (κ3) is 4.66. The van der Waals surface area contributed by atoms with Gasteiger partial charge in [0.1, 0.15) is 17.0 Å². The first-order chi connectivity index (χ1) is 14.7. The Labute approximate surface area is 181 Å². The van der Waals surface area contributed by atoms with Gasteiger partial charge in [-0.25, -0.2) is 9.78 Å². The molecule has 3 N–H and O–H groups in total. The molecule has 0 radical (unpaired) electrons. The molecule has 1 aromatic carbocycles. The van der Waals surface area contributed by atoms with Gasteiger partial charge in [0, 0.05) is 36.1 Å². The summed E-state index contributed by atoms with van der Waals surface area (Å²) in [5, 5.41) is 14.2. The van der Waals surface area contributed by atoms with Crippen LogP contribution in [0.25, 0.3) is 16.6 Å². The number of pyridine rings is 1. The van der Waals surface area contributed by atoms with Crippen LogP contribution in [0.3, 0.4) is 0 Å². The summed E-state index contributed by atoms with van der Waals surface area (Å²) in [5.74, 6) is 0.277. The minimum atomic E-state index is -0.497. The van der Waals surface area contributed by atoms with Crippen LogP contribution in [0, 0.1) is 6.92 Å².